The Labute approximate surface area is 621 Å². The van der Waals surface area contributed by atoms with Crippen LogP contribution >= 0.6 is 0 Å². The number of hydrogen-bond donors (Lipinski definition) is 1. The van der Waals surface area contributed by atoms with E-state index in [1.807, 2.05) is 0 Å². The van der Waals surface area contributed by atoms with Crippen molar-refractivity contribution in [3.8, 4) is 0 Å². The third-order valence-corrected chi connectivity index (χ3v) is 18.2. The van der Waals surface area contributed by atoms with Crippen molar-refractivity contribution in [2.24, 2.45) is 0 Å². The van der Waals surface area contributed by atoms with Crippen LogP contribution in [0.3, 0.4) is 0 Å². The Morgan fingerprint density at radius 2 is 0.481 bits per heavy atom. The molecule has 108 heavy (non-hydrogen) atoms. The Kier molecular flexibility index (Phi) is 25.5. The van der Waals surface area contributed by atoms with E-state index in [4.69, 9.17) is 75.8 Å². The number of carbonyl (C=O) groups excluding carboxylic acids is 8. The van der Waals surface area contributed by atoms with Gasteiger partial charge in [0.2, 0.25) is 0 Å². The molecule has 12 rings (SSSR count). The number of benzene rings is 8. The second-order valence-electron chi connectivity index (χ2n) is 25.6. The van der Waals surface area contributed by atoms with E-state index in [-0.39, 0.29) is 51.1 Å². The Balaban J connectivity index is 1.02. The highest BCUT2D eigenvalue weighted by Crippen LogP contribution is 2.41. The van der Waals surface area contributed by atoms with Gasteiger partial charge in [-0.3, -0.25) is 0 Å². The zero-order valence-electron chi connectivity index (χ0n) is 58.9. The lowest BCUT2D eigenvalue weighted by atomic mass is 9.95. The minimum Gasteiger partial charge on any atom is -0.453 e. The van der Waals surface area contributed by atoms with E-state index < -0.39 is 171 Å². The number of rotatable bonds is 25. The second-order valence-corrected chi connectivity index (χ2v) is 25.6. The van der Waals surface area contributed by atoms with Crippen LogP contribution in [0.5, 0.6) is 0 Å². The van der Waals surface area contributed by atoms with Crippen LogP contribution in [0.1, 0.15) is 111 Å². The molecule has 0 aromatic heterocycles. The summed E-state index contributed by atoms with van der Waals surface area (Å²) < 4.78 is 105. The zero-order valence-corrected chi connectivity index (χ0v) is 58.9. The van der Waals surface area contributed by atoms with Crippen LogP contribution in [-0.2, 0) is 75.8 Å². The fourth-order valence-corrected chi connectivity index (χ4v) is 12.7. The maximum Gasteiger partial charge on any atom is 0.338 e. The molecule has 0 amide bonds. The van der Waals surface area contributed by atoms with Crippen LogP contribution in [0.25, 0.3) is 0 Å². The van der Waals surface area contributed by atoms with Crippen LogP contribution in [0.15, 0.2) is 255 Å². The highest BCUT2D eigenvalue weighted by molar-refractivity contribution is 5.93. The minimum absolute atomic E-state index is 0.00531. The molecule has 25 heteroatoms. The van der Waals surface area contributed by atoms with Crippen molar-refractivity contribution in [1.29, 1.82) is 0 Å². The molecule has 0 bridgehead atoms. The summed E-state index contributed by atoms with van der Waals surface area (Å²) in [7, 11) is 0. The molecular weight excluding hydrogens is 1400 g/mol. The van der Waals surface area contributed by atoms with Crippen LogP contribution in [0.2, 0.25) is 0 Å². The molecule has 4 fully saturated rings. The van der Waals surface area contributed by atoms with E-state index in [0.717, 1.165) is 0 Å². The fourth-order valence-electron chi connectivity index (χ4n) is 12.7. The molecule has 25 nitrogen and oxygen atoms in total. The lowest BCUT2D eigenvalue weighted by molar-refractivity contribution is -0.393. The third kappa shape index (κ3) is 18.5. The average Bonchev–Trinajstić information content (AvgIpc) is 0.763. The van der Waals surface area contributed by atoms with E-state index >= 15 is 9.59 Å². The number of aliphatic hydroxyl groups is 1. The predicted octanol–water partition coefficient (Wildman–Crippen LogP) is 10.5. The van der Waals surface area contributed by atoms with Crippen LogP contribution < -0.4 is 0 Å². The first-order valence-corrected chi connectivity index (χ1v) is 35.0. The van der Waals surface area contributed by atoms with Gasteiger partial charge in [-0.05, 0) is 125 Å². The molecule has 8 aromatic rings. The monoisotopic (exact) mass is 1470 g/mol. The molecule has 20 atom stereocenters. The van der Waals surface area contributed by atoms with Crippen molar-refractivity contribution in [2.75, 3.05) is 6.61 Å². The maximum absolute atomic E-state index is 15.2. The van der Waals surface area contributed by atoms with Crippen molar-refractivity contribution < 1.29 is 119 Å². The summed E-state index contributed by atoms with van der Waals surface area (Å²) in [6.45, 7) is 9.54. The summed E-state index contributed by atoms with van der Waals surface area (Å²) in [6, 6.07) is 62.4. The summed E-state index contributed by atoms with van der Waals surface area (Å²) >= 11 is 0. The van der Waals surface area contributed by atoms with Gasteiger partial charge in [0.05, 0.1) is 75.5 Å². The lowest BCUT2D eigenvalue weighted by Crippen LogP contribution is -2.68. The van der Waals surface area contributed by atoms with Crippen LogP contribution in [0.4, 0.5) is 0 Å². The third-order valence-electron chi connectivity index (χ3n) is 18.2. The van der Waals surface area contributed by atoms with Crippen molar-refractivity contribution in [3.05, 3.63) is 300 Å². The first kappa shape index (κ1) is 76.5. The quantitative estimate of drug-likeness (QED) is 0.0316. The standard InChI is InChI=1S/C83H78O25/c1-6-47-93-80-69(66(103-77(90)57-41-25-12-26-42-57)62(49(3)94-80)99-73(86)53-33-17-8-18-34-53)107-83-71(67(104-78(91)58-43-27-13-28-44-58)63(50(4)97-83)100-74(87)54-35-19-9-20-36-54)108-82-70(105-79(92)59-45-29-14-30-46-59)68(64(51(5)96-82)101-75(88)55-37-21-10-22-38-55)106-81-65(102-76(89)56-39-23-11-24-40-56)60(84)61(48(2)95-81)98-72(85)52-31-15-7-16-32-52/h6-46,48-51,60-71,80-84H,1,47H2,2-5H3/t48-,49-,50-,51-,60+,61-,62-,63-,64-,65+,66+,67+,68+,69+,70+,71+,80+,81-,82-,83-/m0/s1. The smallest absolute Gasteiger partial charge is 0.338 e. The Morgan fingerprint density at radius 1 is 0.278 bits per heavy atom. The molecule has 0 radical (unpaired) electrons. The van der Waals surface area contributed by atoms with Crippen LogP contribution in [-0.4, -0.2) is 182 Å². The van der Waals surface area contributed by atoms with E-state index in [1.54, 1.807) is 153 Å². The van der Waals surface area contributed by atoms with Crippen molar-refractivity contribution >= 4 is 47.8 Å². The molecule has 0 unspecified atom stereocenters. The largest absolute Gasteiger partial charge is 0.453 e. The molecule has 4 aliphatic heterocycles. The second kappa shape index (κ2) is 36.0. The highest BCUT2D eigenvalue weighted by Gasteiger charge is 2.61. The molecule has 0 spiro atoms. The predicted molar refractivity (Wildman–Crippen MR) is 379 cm³/mol. The average molecular weight is 1480 g/mol. The minimum atomic E-state index is -2.13. The molecular formula is C83H78O25. The summed E-state index contributed by atoms with van der Waals surface area (Å²) in [4.78, 5) is 117. The molecule has 560 valence electrons. The van der Waals surface area contributed by atoms with Gasteiger partial charge in [0.1, 0.15) is 12.2 Å². The van der Waals surface area contributed by atoms with Gasteiger partial charge in [-0.1, -0.05) is 152 Å². The summed E-state index contributed by atoms with van der Waals surface area (Å²) in [5.41, 5.74) is 0.291. The zero-order chi connectivity index (χ0) is 75.8. The van der Waals surface area contributed by atoms with E-state index in [2.05, 4.69) is 6.58 Å². The van der Waals surface area contributed by atoms with Gasteiger partial charge in [0, 0.05) is 0 Å². The summed E-state index contributed by atoms with van der Waals surface area (Å²) in [6.07, 6.45) is -33.7. The van der Waals surface area contributed by atoms with Gasteiger partial charge in [-0.15, -0.1) is 6.58 Å². The van der Waals surface area contributed by atoms with Crippen LogP contribution in [0, 0.1) is 0 Å². The van der Waals surface area contributed by atoms with Gasteiger partial charge in [-0.2, -0.15) is 0 Å². The van der Waals surface area contributed by atoms with Gasteiger partial charge < -0.3 is 80.9 Å². The lowest BCUT2D eigenvalue weighted by Gasteiger charge is -2.51. The number of esters is 8. The van der Waals surface area contributed by atoms with Gasteiger partial charge >= 0.3 is 47.8 Å². The first-order chi connectivity index (χ1) is 52.4. The molecule has 0 saturated carbocycles. The van der Waals surface area contributed by atoms with Gasteiger partial charge in [0.25, 0.3) is 0 Å². The molecule has 4 heterocycles. The number of ether oxygens (including phenoxy) is 16. The normalized spacial score (nSPS) is 28.0. The fraction of sp³-hybridized carbons (Fsp3) is 0.301. The Morgan fingerprint density at radius 3 is 0.778 bits per heavy atom. The Bertz CT molecular complexity index is 4340. The summed E-state index contributed by atoms with van der Waals surface area (Å²) in [5, 5.41) is 12.7. The summed E-state index contributed by atoms with van der Waals surface area (Å²) in [5.74, 6) is -7.66. The SMILES string of the molecule is C=CCO[C@@H]1O[C@@H](C)[C@H](OC(=O)c2ccccc2)[C@@H](OC(=O)c2ccccc2)[C@H]1O[C@@H]1O[C@@H](C)[C@H](OC(=O)c2ccccc2)[C@@H](OC(=O)c2ccccc2)[C@H]1O[C@@H]1O[C@@H](C)[C@H](OC(=O)c2ccccc2)[C@@H](O[C@@H]2O[C@@H](C)[C@H](OC(=O)c3ccccc3)[C@@H](O)[C@H]2OC(=O)c2ccccc2)[C@H]1OC(=O)c1ccccc1. The van der Waals surface area contributed by atoms with Crippen molar-refractivity contribution in [3.63, 3.8) is 0 Å². The first-order valence-electron chi connectivity index (χ1n) is 35.0. The molecule has 1 N–H and O–H groups in total. The Hall–Kier alpha value is -11.1. The topological polar surface area (TPSA) is 304 Å². The molecule has 0 aliphatic carbocycles. The molecule has 4 saturated heterocycles. The molecule has 4 aliphatic rings. The number of hydrogen-bond acceptors (Lipinski definition) is 25. The van der Waals surface area contributed by atoms with Crippen molar-refractivity contribution in [1.82, 2.24) is 0 Å². The maximum atomic E-state index is 15.2. The van der Waals surface area contributed by atoms with Gasteiger partial charge in [0.15, 0.2) is 86.2 Å². The van der Waals surface area contributed by atoms with Gasteiger partial charge in [-0.25, -0.2) is 38.4 Å². The van der Waals surface area contributed by atoms with E-state index in [1.165, 1.54) is 124 Å². The highest BCUT2D eigenvalue weighted by atomic mass is 16.8. The number of aliphatic hydroxyl groups excluding tert-OH is 1. The molecule has 8 aromatic carbocycles. The van der Waals surface area contributed by atoms with Crippen molar-refractivity contribution in [2.45, 2.75) is 151 Å². The number of carbonyl (C=O) groups is 8. The van der Waals surface area contributed by atoms with E-state index in [0.29, 0.717) is 0 Å². The van der Waals surface area contributed by atoms with E-state index in [9.17, 15) is 33.9 Å².